The Balaban J connectivity index is 1.83. The first-order valence-corrected chi connectivity index (χ1v) is 6.99. The van der Waals surface area contributed by atoms with Gasteiger partial charge >= 0.3 is 0 Å². The second-order valence-corrected chi connectivity index (χ2v) is 4.75. The van der Waals surface area contributed by atoms with Crippen molar-refractivity contribution in [1.29, 1.82) is 0 Å². The molecule has 0 aromatic carbocycles. The molecule has 0 atom stereocenters. The van der Waals surface area contributed by atoms with E-state index in [1.807, 2.05) is 0 Å². The van der Waals surface area contributed by atoms with Crippen LogP contribution in [0.1, 0.15) is 71.1 Å². The van der Waals surface area contributed by atoms with Gasteiger partial charge in [-0.05, 0) is 12.8 Å². The molecule has 1 amide bonds. The molecular formula is C14H24N2O. The zero-order chi connectivity index (χ0) is 12.3. The molecule has 0 saturated carbocycles. The number of amides is 1. The summed E-state index contributed by atoms with van der Waals surface area (Å²) in [5.74, 6) is -0.198. The maximum Gasteiger partial charge on any atom is 0.290 e. The molecular weight excluding hydrogens is 212 g/mol. The highest BCUT2D eigenvalue weighted by molar-refractivity contribution is 5.90. The first-order chi connectivity index (χ1) is 8.33. The van der Waals surface area contributed by atoms with E-state index >= 15 is 0 Å². The van der Waals surface area contributed by atoms with Crippen molar-refractivity contribution < 1.29 is 4.79 Å². The Morgan fingerprint density at radius 1 is 0.882 bits per heavy atom. The van der Waals surface area contributed by atoms with Gasteiger partial charge in [0.25, 0.3) is 5.91 Å². The highest BCUT2D eigenvalue weighted by Crippen LogP contribution is 2.16. The molecule has 0 N–H and O–H groups in total. The quantitative estimate of drug-likeness (QED) is 0.503. The van der Waals surface area contributed by atoms with E-state index in [-0.39, 0.29) is 5.91 Å². The Kier molecular flexibility index (Phi) is 7.52. The second kappa shape index (κ2) is 9.08. The maximum absolute atomic E-state index is 10.8. The molecule has 0 aromatic rings. The minimum absolute atomic E-state index is 0.198. The van der Waals surface area contributed by atoms with Gasteiger partial charge in [0.2, 0.25) is 0 Å². The first kappa shape index (κ1) is 14.1. The summed E-state index contributed by atoms with van der Waals surface area (Å²) in [7, 11) is 0. The molecule has 3 heteroatoms. The van der Waals surface area contributed by atoms with E-state index in [0.29, 0.717) is 0 Å². The van der Waals surface area contributed by atoms with E-state index in [1.165, 1.54) is 51.4 Å². The van der Waals surface area contributed by atoms with E-state index in [2.05, 4.69) is 17.2 Å². The van der Waals surface area contributed by atoms with E-state index in [0.717, 1.165) is 18.5 Å². The summed E-state index contributed by atoms with van der Waals surface area (Å²) in [5, 5.41) is 7.29. The Bertz CT molecular complexity index is 282. The number of hydrogen-bond donors (Lipinski definition) is 0. The lowest BCUT2D eigenvalue weighted by molar-refractivity contribution is -0.113. The van der Waals surface area contributed by atoms with Crippen LogP contribution in [0.4, 0.5) is 0 Å². The number of unbranched alkanes of at least 4 members (excludes halogenated alkanes) is 8. The maximum atomic E-state index is 10.8. The number of carbonyl (C=O) groups excluding carboxylic acids is 1. The molecule has 1 aliphatic heterocycles. The lowest BCUT2D eigenvalue weighted by atomic mass is 10.1. The molecule has 17 heavy (non-hydrogen) atoms. The summed E-state index contributed by atoms with van der Waals surface area (Å²) < 4.78 is 0. The largest absolute Gasteiger partial charge is 0.290 e. The van der Waals surface area contributed by atoms with Crippen LogP contribution in [0.25, 0.3) is 0 Å². The predicted molar refractivity (Wildman–Crippen MR) is 69.8 cm³/mol. The van der Waals surface area contributed by atoms with Gasteiger partial charge in [0.15, 0.2) is 0 Å². The summed E-state index contributed by atoms with van der Waals surface area (Å²) in [4.78, 5) is 10.8. The molecule has 1 heterocycles. The average Bonchev–Trinajstić information content (AvgIpc) is 2.73. The zero-order valence-electron chi connectivity index (χ0n) is 11.0. The summed E-state index contributed by atoms with van der Waals surface area (Å²) in [5.41, 5.74) is 0.859. The summed E-state index contributed by atoms with van der Waals surface area (Å²) in [6, 6.07) is 0. The third kappa shape index (κ3) is 7.03. The Morgan fingerprint density at radius 2 is 1.47 bits per heavy atom. The molecule has 0 aliphatic carbocycles. The Hall–Kier alpha value is -0.990. The fourth-order valence-corrected chi connectivity index (χ4v) is 2.05. The number of hydrogen-bond acceptors (Lipinski definition) is 2. The van der Waals surface area contributed by atoms with Gasteiger partial charge < -0.3 is 0 Å². The summed E-state index contributed by atoms with van der Waals surface area (Å²) in [6.45, 7) is 2.25. The third-order valence-electron chi connectivity index (χ3n) is 3.10. The van der Waals surface area contributed by atoms with Gasteiger partial charge in [0.1, 0.15) is 0 Å². The molecule has 0 saturated heterocycles. The van der Waals surface area contributed by atoms with Gasteiger partial charge in [-0.25, -0.2) is 0 Å². The van der Waals surface area contributed by atoms with Crippen molar-refractivity contribution in [1.82, 2.24) is 0 Å². The van der Waals surface area contributed by atoms with Gasteiger partial charge in [-0.1, -0.05) is 58.3 Å². The Labute approximate surface area is 104 Å². The van der Waals surface area contributed by atoms with Crippen molar-refractivity contribution in [2.24, 2.45) is 10.2 Å². The second-order valence-electron chi connectivity index (χ2n) is 4.75. The van der Waals surface area contributed by atoms with E-state index < -0.39 is 0 Å². The minimum atomic E-state index is -0.198. The summed E-state index contributed by atoms with van der Waals surface area (Å²) >= 11 is 0. The Morgan fingerprint density at radius 3 is 2.00 bits per heavy atom. The molecule has 0 radical (unpaired) electrons. The molecule has 0 fully saturated rings. The lowest BCUT2D eigenvalue weighted by Crippen LogP contribution is -1.83. The fourth-order valence-electron chi connectivity index (χ4n) is 2.05. The molecule has 96 valence electrons. The molecule has 3 nitrogen and oxygen atoms in total. The van der Waals surface area contributed by atoms with Crippen LogP contribution in [0.5, 0.6) is 0 Å². The van der Waals surface area contributed by atoms with Crippen LogP contribution in [0.2, 0.25) is 0 Å². The van der Waals surface area contributed by atoms with Crippen LogP contribution in [0, 0.1) is 0 Å². The minimum Gasteiger partial charge on any atom is -0.266 e. The first-order valence-electron chi connectivity index (χ1n) is 6.99. The molecule has 0 bridgehead atoms. The van der Waals surface area contributed by atoms with Gasteiger partial charge in [0.05, 0.1) is 5.70 Å². The number of azo groups is 1. The van der Waals surface area contributed by atoms with Crippen LogP contribution in [-0.2, 0) is 4.79 Å². The SMILES string of the molecule is CCCCCCCCCCCC1=CC(=O)N=N1. The highest BCUT2D eigenvalue weighted by atomic mass is 16.1. The van der Waals surface area contributed by atoms with E-state index in [9.17, 15) is 4.79 Å². The third-order valence-corrected chi connectivity index (χ3v) is 3.10. The lowest BCUT2D eigenvalue weighted by Gasteiger charge is -2.01. The molecule has 1 aliphatic rings. The van der Waals surface area contributed by atoms with Crippen molar-refractivity contribution in [3.63, 3.8) is 0 Å². The van der Waals surface area contributed by atoms with Gasteiger partial charge in [0, 0.05) is 6.08 Å². The van der Waals surface area contributed by atoms with Gasteiger partial charge in [-0.3, -0.25) is 4.79 Å². The van der Waals surface area contributed by atoms with Crippen LogP contribution in [0.3, 0.4) is 0 Å². The topological polar surface area (TPSA) is 41.8 Å². The highest BCUT2D eigenvalue weighted by Gasteiger charge is 2.06. The smallest absolute Gasteiger partial charge is 0.266 e. The standard InChI is InChI=1S/C14H24N2O/c1-2-3-4-5-6-7-8-9-10-11-13-12-14(17)16-15-13/h12H,2-11H2,1H3. The van der Waals surface area contributed by atoms with Crippen molar-refractivity contribution in [3.8, 4) is 0 Å². The van der Waals surface area contributed by atoms with Crippen molar-refractivity contribution >= 4 is 5.91 Å². The number of rotatable bonds is 10. The average molecular weight is 236 g/mol. The molecule has 0 unspecified atom stereocenters. The van der Waals surface area contributed by atoms with Crippen molar-refractivity contribution in [3.05, 3.63) is 11.8 Å². The fraction of sp³-hybridized carbons (Fsp3) is 0.786. The molecule has 0 spiro atoms. The predicted octanol–water partition coefficient (Wildman–Crippen LogP) is 4.78. The van der Waals surface area contributed by atoms with E-state index in [4.69, 9.17) is 0 Å². The number of nitrogens with zero attached hydrogens (tertiary/aromatic N) is 2. The van der Waals surface area contributed by atoms with Crippen LogP contribution < -0.4 is 0 Å². The zero-order valence-corrected chi connectivity index (χ0v) is 11.0. The van der Waals surface area contributed by atoms with Crippen LogP contribution in [0.15, 0.2) is 22.0 Å². The van der Waals surface area contributed by atoms with Crippen LogP contribution in [-0.4, -0.2) is 5.91 Å². The van der Waals surface area contributed by atoms with E-state index in [1.54, 1.807) is 6.08 Å². The summed E-state index contributed by atoms with van der Waals surface area (Å²) in [6.07, 6.45) is 14.4. The molecule has 1 rings (SSSR count). The number of carbonyl (C=O) groups is 1. The normalized spacial score (nSPS) is 14.4. The number of allylic oxidation sites excluding steroid dienone is 1. The van der Waals surface area contributed by atoms with Crippen molar-refractivity contribution in [2.75, 3.05) is 0 Å². The van der Waals surface area contributed by atoms with Gasteiger partial charge in [-0.2, -0.15) is 5.11 Å². The van der Waals surface area contributed by atoms with Crippen LogP contribution >= 0.6 is 0 Å². The monoisotopic (exact) mass is 236 g/mol. The van der Waals surface area contributed by atoms with Crippen molar-refractivity contribution in [2.45, 2.75) is 71.1 Å². The molecule has 0 aromatic heterocycles. The van der Waals surface area contributed by atoms with Gasteiger partial charge in [-0.15, -0.1) is 5.11 Å².